The summed E-state index contributed by atoms with van der Waals surface area (Å²) in [4.78, 5) is 6.46. The molecule has 0 spiro atoms. The van der Waals surface area contributed by atoms with Gasteiger partial charge in [-0.25, -0.2) is 4.39 Å². The fraction of sp³-hybridized carbons (Fsp3) is 0.118. The zero-order valence-electron chi connectivity index (χ0n) is 11.0. The van der Waals surface area contributed by atoms with Crippen molar-refractivity contribution in [2.45, 2.75) is 6.54 Å². The summed E-state index contributed by atoms with van der Waals surface area (Å²) >= 11 is 0. The maximum atomic E-state index is 14.0. The highest BCUT2D eigenvalue weighted by atomic mass is 19.1. The van der Waals surface area contributed by atoms with Crippen LogP contribution in [-0.4, -0.2) is 16.4 Å². The largest absolute Gasteiger partial charge is 0.361 e. The fourth-order valence-electron chi connectivity index (χ4n) is 2.32. The van der Waals surface area contributed by atoms with E-state index in [4.69, 9.17) is 0 Å². The number of allylic oxidation sites excluding steroid dienone is 2. The maximum Gasteiger partial charge on any atom is 0.132 e. The molecule has 1 aliphatic heterocycles. The summed E-state index contributed by atoms with van der Waals surface area (Å²) in [6.07, 6.45) is 7.76. The van der Waals surface area contributed by atoms with E-state index in [-0.39, 0.29) is 5.82 Å². The summed E-state index contributed by atoms with van der Waals surface area (Å²) in [6, 6.07) is 12.7. The fourth-order valence-corrected chi connectivity index (χ4v) is 2.32. The highest BCUT2D eigenvalue weighted by Crippen LogP contribution is 2.25. The number of nitrogens with zero attached hydrogens (tertiary/aromatic N) is 2. The molecule has 2 heterocycles. The second-order valence-corrected chi connectivity index (χ2v) is 4.66. The first-order valence-electron chi connectivity index (χ1n) is 6.61. The van der Waals surface area contributed by atoms with E-state index in [1.54, 1.807) is 12.3 Å². The highest BCUT2D eigenvalue weighted by molar-refractivity contribution is 5.67. The minimum absolute atomic E-state index is 0.194. The Balaban J connectivity index is 1.90. The van der Waals surface area contributed by atoms with Gasteiger partial charge in [0.05, 0.1) is 12.2 Å². The van der Waals surface area contributed by atoms with Crippen LogP contribution in [-0.2, 0) is 6.54 Å². The number of benzene rings is 1. The first kappa shape index (κ1) is 12.6. The Labute approximate surface area is 117 Å². The number of aromatic nitrogens is 1. The molecule has 100 valence electrons. The smallest absolute Gasteiger partial charge is 0.132 e. The highest BCUT2D eigenvalue weighted by Gasteiger charge is 2.16. The molecule has 20 heavy (non-hydrogen) atoms. The molecule has 3 rings (SSSR count). The maximum absolute atomic E-state index is 14.0. The molecular weight excluding hydrogens is 251 g/mol. The van der Waals surface area contributed by atoms with Gasteiger partial charge in [0.25, 0.3) is 0 Å². The van der Waals surface area contributed by atoms with E-state index >= 15 is 0 Å². The lowest BCUT2D eigenvalue weighted by Gasteiger charge is -2.28. The first-order valence-corrected chi connectivity index (χ1v) is 6.61. The zero-order valence-corrected chi connectivity index (χ0v) is 11.0. The summed E-state index contributed by atoms with van der Waals surface area (Å²) < 4.78 is 14.0. The van der Waals surface area contributed by atoms with Crippen LogP contribution in [0.15, 0.2) is 66.9 Å². The van der Waals surface area contributed by atoms with E-state index in [0.717, 1.165) is 17.9 Å². The van der Waals surface area contributed by atoms with Gasteiger partial charge >= 0.3 is 0 Å². The molecule has 0 unspecified atom stereocenters. The second kappa shape index (κ2) is 5.70. The molecule has 0 fully saturated rings. The third-order valence-corrected chi connectivity index (χ3v) is 3.29. The van der Waals surface area contributed by atoms with Crippen molar-refractivity contribution in [2.24, 2.45) is 0 Å². The van der Waals surface area contributed by atoms with Crippen LogP contribution in [0, 0.1) is 5.82 Å². The molecule has 1 aromatic carbocycles. The van der Waals surface area contributed by atoms with Crippen molar-refractivity contribution in [3.05, 3.63) is 84.0 Å². The molecule has 0 bridgehead atoms. The lowest BCUT2D eigenvalue weighted by Crippen LogP contribution is -2.24. The normalized spacial score (nSPS) is 14.2. The Morgan fingerprint density at radius 2 is 1.95 bits per heavy atom. The van der Waals surface area contributed by atoms with Crippen molar-refractivity contribution in [1.29, 1.82) is 0 Å². The van der Waals surface area contributed by atoms with Crippen LogP contribution < -0.4 is 0 Å². The number of hydrogen-bond donors (Lipinski definition) is 0. The third-order valence-electron chi connectivity index (χ3n) is 3.29. The van der Waals surface area contributed by atoms with Crippen LogP contribution in [0.1, 0.15) is 11.3 Å². The summed E-state index contributed by atoms with van der Waals surface area (Å²) in [5.74, 6) is -0.194. The Morgan fingerprint density at radius 3 is 2.75 bits per heavy atom. The Hall–Kier alpha value is -2.42. The lowest BCUT2D eigenvalue weighted by molar-refractivity contribution is 0.420. The molecule has 2 aromatic rings. The van der Waals surface area contributed by atoms with Gasteiger partial charge in [-0.3, -0.25) is 4.98 Å². The van der Waals surface area contributed by atoms with E-state index in [9.17, 15) is 4.39 Å². The van der Waals surface area contributed by atoms with Crippen molar-refractivity contribution in [3.8, 4) is 0 Å². The van der Waals surface area contributed by atoms with Crippen LogP contribution in [0.25, 0.3) is 5.70 Å². The molecule has 1 aliphatic rings. The average Bonchev–Trinajstić information content (AvgIpc) is 2.50. The molecular formula is C17H15FN2. The molecule has 0 radical (unpaired) electrons. The van der Waals surface area contributed by atoms with E-state index in [2.05, 4.69) is 16.0 Å². The molecule has 0 saturated heterocycles. The number of halogens is 1. The number of pyridine rings is 1. The molecule has 0 aliphatic carbocycles. The standard InChI is InChI=1S/C17H15FN2/c18-16-9-2-1-8-15(16)17-10-4-6-12-20(17)13-14-7-3-5-11-19-14/h1-11H,12-13H2. The third kappa shape index (κ3) is 2.62. The van der Waals surface area contributed by atoms with Gasteiger partial charge in [-0.2, -0.15) is 0 Å². The van der Waals surface area contributed by atoms with Crippen LogP contribution in [0.3, 0.4) is 0 Å². The predicted molar refractivity (Wildman–Crippen MR) is 78.2 cm³/mol. The molecule has 0 N–H and O–H groups in total. The van der Waals surface area contributed by atoms with Crippen molar-refractivity contribution in [3.63, 3.8) is 0 Å². The summed E-state index contributed by atoms with van der Waals surface area (Å²) in [6.45, 7) is 1.43. The van der Waals surface area contributed by atoms with E-state index in [1.165, 1.54) is 6.07 Å². The zero-order chi connectivity index (χ0) is 13.8. The predicted octanol–water partition coefficient (Wildman–Crippen LogP) is 3.63. The van der Waals surface area contributed by atoms with Crippen molar-refractivity contribution >= 4 is 5.70 Å². The summed E-state index contributed by atoms with van der Waals surface area (Å²) in [7, 11) is 0. The summed E-state index contributed by atoms with van der Waals surface area (Å²) in [5.41, 5.74) is 2.51. The van der Waals surface area contributed by atoms with Crippen LogP contribution in [0.5, 0.6) is 0 Å². The van der Waals surface area contributed by atoms with E-state index in [1.807, 2.05) is 42.5 Å². The van der Waals surface area contributed by atoms with Crippen molar-refractivity contribution < 1.29 is 4.39 Å². The second-order valence-electron chi connectivity index (χ2n) is 4.66. The number of rotatable bonds is 3. The van der Waals surface area contributed by atoms with Crippen LogP contribution in [0.2, 0.25) is 0 Å². The van der Waals surface area contributed by atoms with E-state index < -0.39 is 0 Å². The Kier molecular flexibility index (Phi) is 3.59. The number of hydrogen-bond acceptors (Lipinski definition) is 2. The molecule has 3 heteroatoms. The van der Waals surface area contributed by atoms with Gasteiger partial charge in [-0.05, 0) is 30.3 Å². The Bertz CT molecular complexity index is 647. The van der Waals surface area contributed by atoms with Crippen LogP contribution in [0.4, 0.5) is 4.39 Å². The molecule has 2 nitrogen and oxygen atoms in total. The minimum Gasteiger partial charge on any atom is -0.361 e. The molecule has 0 atom stereocenters. The average molecular weight is 266 g/mol. The van der Waals surface area contributed by atoms with Gasteiger partial charge in [-0.1, -0.05) is 30.4 Å². The van der Waals surface area contributed by atoms with Crippen molar-refractivity contribution in [1.82, 2.24) is 9.88 Å². The van der Waals surface area contributed by atoms with Crippen LogP contribution >= 0.6 is 0 Å². The van der Waals surface area contributed by atoms with Gasteiger partial charge in [-0.15, -0.1) is 0 Å². The molecule has 1 aromatic heterocycles. The molecule has 0 amide bonds. The van der Waals surface area contributed by atoms with Gasteiger partial charge in [0, 0.05) is 24.0 Å². The van der Waals surface area contributed by atoms with Crippen molar-refractivity contribution in [2.75, 3.05) is 6.54 Å². The molecule has 0 saturated carbocycles. The topological polar surface area (TPSA) is 16.1 Å². The van der Waals surface area contributed by atoms with Gasteiger partial charge in [0.2, 0.25) is 0 Å². The monoisotopic (exact) mass is 266 g/mol. The van der Waals surface area contributed by atoms with Gasteiger partial charge < -0.3 is 4.90 Å². The van der Waals surface area contributed by atoms with E-state index in [0.29, 0.717) is 12.1 Å². The summed E-state index contributed by atoms with van der Waals surface area (Å²) in [5, 5.41) is 0. The quantitative estimate of drug-likeness (QED) is 0.843. The lowest BCUT2D eigenvalue weighted by atomic mass is 10.1. The minimum atomic E-state index is -0.194. The van der Waals surface area contributed by atoms with Gasteiger partial charge in [0.15, 0.2) is 0 Å². The SMILES string of the molecule is Fc1ccccc1C1=CC=CCN1Cc1ccccn1. The Morgan fingerprint density at radius 1 is 1.10 bits per heavy atom. The van der Waals surface area contributed by atoms with Gasteiger partial charge in [0.1, 0.15) is 5.82 Å². The first-order chi connectivity index (χ1) is 9.84.